The fraction of sp³-hybridized carbons (Fsp3) is 0.154. The Kier molecular flexibility index (Phi) is 7.47. The molecule has 1 atom stereocenters. The molecule has 2 amide bonds. The van der Waals surface area contributed by atoms with Crippen LogP contribution in [-0.4, -0.2) is 40.4 Å². The zero-order valence-corrected chi connectivity index (χ0v) is 19.7. The summed E-state index contributed by atoms with van der Waals surface area (Å²) in [5, 5.41) is 12.2. The maximum absolute atomic E-state index is 13.1. The largest absolute Gasteiger partial charge is 0.497 e. The zero-order chi connectivity index (χ0) is 24.8. The van der Waals surface area contributed by atoms with Gasteiger partial charge in [0.05, 0.1) is 24.9 Å². The van der Waals surface area contributed by atoms with Crippen molar-refractivity contribution in [1.29, 1.82) is 0 Å². The second-order valence-corrected chi connectivity index (χ2v) is 8.88. The third kappa shape index (κ3) is 5.88. The maximum atomic E-state index is 13.1. The van der Waals surface area contributed by atoms with Gasteiger partial charge in [0, 0.05) is 12.1 Å². The van der Waals surface area contributed by atoms with Crippen LogP contribution in [-0.2, 0) is 16.1 Å². The highest BCUT2D eigenvalue weighted by Gasteiger charge is 2.40. The van der Waals surface area contributed by atoms with Crippen molar-refractivity contribution in [3.63, 3.8) is 0 Å². The van der Waals surface area contributed by atoms with Gasteiger partial charge in [-0.25, -0.2) is 9.69 Å². The first-order valence-corrected chi connectivity index (χ1v) is 11.7. The normalized spacial score (nSPS) is 15.9. The Morgan fingerprint density at radius 1 is 1.06 bits per heavy atom. The van der Waals surface area contributed by atoms with Crippen molar-refractivity contribution >= 4 is 46.1 Å². The SMILES string of the molecule is COc1ccc(CN=C(Nc2ccccc2)S[C@@H]2CC(=O)N(c3ccc(C(=O)O)cc3)C2=O)cc1. The molecule has 0 radical (unpaired) electrons. The number of nitrogens with one attached hydrogen (secondary N) is 1. The summed E-state index contributed by atoms with van der Waals surface area (Å²) in [6.07, 6.45) is 0.0161. The number of hydrogen-bond donors (Lipinski definition) is 2. The molecule has 4 rings (SSSR count). The lowest BCUT2D eigenvalue weighted by Crippen LogP contribution is -2.31. The van der Waals surface area contributed by atoms with Crippen molar-refractivity contribution in [2.24, 2.45) is 4.99 Å². The lowest BCUT2D eigenvalue weighted by atomic mass is 10.2. The molecule has 8 nitrogen and oxygen atoms in total. The Morgan fingerprint density at radius 3 is 2.37 bits per heavy atom. The number of amidine groups is 1. The van der Waals surface area contributed by atoms with E-state index in [-0.39, 0.29) is 23.8 Å². The highest BCUT2D eigenvalue weighted by molar-refractivity contribution is 8.15. The standard InChI is InChI=1S/C26H23N3O5S/c1-34-21-13-7-17(8-14-21)16-27-26(28-19-5-3-2-4-6-19)35-22-15-23(30)29(24(22)31)20-11-9-18(10-12-20)25(32)33/h2-14,22H,15-16H2,1H3,(H,27,28)(H,32,33)/t22-/m1/s1. The van der Waals surface area contributed by atoms with E-state index in [1.165, 1.54) is 36.0 Å². The minimum absolute atomic E-state index is 0.0161. The molecule has 1 aliphatic rings. The molecule has 1 saturated heterocycles. The second kappa shape index (κ2) is 10.9. The average molecular weight is 490 g/mol. The van der Waals surface area contributed by atoms with Gasteiger partial charge in [-0.2, -0.15) is 0 Å². The van der Waals surface area contributed by atoms with E-state index in [1.54, 1.807) is 7.11 Å². The molecular weight excluding hydrogens is 466 g/mol. The van der Waals surface area contributed by atoms with E-state index >= 15 is 0 Å². The van der Waals surface area contributed by atoms with Crippen molar-refractivity contribution in [3.05, 3.63) is 90.0 Å². The number of amides is 2. The van der Waals surface area contributed by atoms with Crippen LogP contribution in [0.4, 0.5) is 11.4 Å². The number of hydrogen-bond acceptors (Lipinski definition) is 6. The number of aliphatic imine (C=N–C) groups is 1. The molecule has 0 saturated carbocycles. The van der Waals surface area contributed by atoms with E-state index in [2.05, 4.69) is 10.3 Å². The molecule has 0 unspecified atom stereocenters. The number of aromatic carboxylic acids is 1. The highest BCUT2D eigenvalue weighted by Crippen LogP contribution is 2.31. The van der Waals surface area contributed by atoms with E-state index in [0.717, 1.165) is 21.9 Å². The van der Waals surface area contributed by atoms with Crippen LogP contribution in [0, 0.1) is 0 Å². The highest BCUT2D eigenvalue weighted by atomic mass is 32.2. The van der Waals surface area contributed by atoms with Crippen LogP contribution >= 0.6 is 11.8 Å². The van der Waals surface area contributed by atoms with Crippen molar-refractivity contribution in [1.82, 2.24) is 0 Å². The van der Waals surface area contributed by atoms with E-state index in [0.29, 0.717) is 17.4 Å². The van der Waals surface area contributed by atoms with Crippen molar-refractivity contribution in [2.45, 2.75) is 18.2 Å². The number of thioether (sulfide) groups is 1. The number of carboxylic acid groups (broad SMARTS) is 1. The summed E-state index contributed by atoms with van der Waals surface area (Å²) in [6, 6.07) is 22.7. The molecule has 1 fully saturated rings. The van der Waals surface area contributed by atoms with E-state index in [4.69, 9.17) is 9.84 Å². The minimum atomic E-state index is -1.08. The fourth-order valence-corrected chi connectivity index (χ4v) is 4.52. The number of para-hydroxylation sites is 1. The average Bonchev–Trinajstić information content (AvgIpc) is 3.15. The number of carbonyl (C=O) groups is 3. The zero-order valence-electron chi connectivity index (χ0n) is 18.9. The van der Waals surface area contributed by atoms with Crippen LogP contribution in [0.3, 0.4) is 0 Å². The number of methoxy groups -OCH3 is 1. The van der Waals surface area contributed by atoms with Crippen LogP contribution < -0.4 is 15.0 Å². The molecule has 0 bridgehead atoms. The van der Waals surface area contributed by atoms with Gasteiger partial charge in [-0.1, -0.05) is 42.1 Å². The molecule has 1 aliphatic heterocycles. The van der Waals surface area contributed by atoms with Gasteiger partial charge in [0.15, 0.2) is 5.17 Å². The lowest BCUT2D eigenvalue weighted by molar-refractivity contribution is -0.121. The topological polar surface area (TPSA) is 108 Å². The number of carboxylic acids is 1. The number of rotatable bonds is 7. The molecule has 1 heterocycles. The Balaban J connectivity index is 1.52. The lowest BCUT2D eigenvalue weighted by Gasteiger charge is -2.16. The van der Waals surface area contributed by atoms with Gasteiger partial charge in [0.2, 0.25) is 11.8 Å². The third-order valence-electron chi connectivity index (χ3n) is 5.32. The molecule has 3 aromatic rings. The predicted molar refractivity (Wildman–Crippen MR) is 136 cm³/mol. The molecule has 0 spiro atoms. The predicted octanol–water partition coefficient (Wildman–Crippen LogP) is 4.43. The van der Waals surface area contributed by atoms with Crippen LogP contribution in [0.15, 0.2) is 83.9 Å². The van der Waals surface area contributed by atoms with E-state index in [1.807, 2.05) is 54.6 Å². The smallest absolute Gasteiger partial charge is 0.335 e. The van der Waals surface area contributed by atoms with E-state index in [9.17, 15) is 14.4 Å². The van der Waals surface area contributed by atoms with Gasteiger partial charge < -0.3 is 15.2 Å². The Labute approximate surface area is 206 Å². The Bertz CT molecular complexity index is 1240. The molecule has 2 N–H and O–H groups in total. The number of anilines is 2. The van der Waals surface area contributed by atoms with Crippen LogP contribution in [0.1, 0.15) is 22.3 Å². The third-order valence-corrected chi connectivity index (χ3v) is 6.43. The Hall–Kier alpha value is -4.11. The van der Waals surface area contributed by atoms with Crippen LogP contribution in [0.2, 0.25) is 0 Å². The first-order valence-electron chi connectivity index (χ1n) is 10.8. The molecular formula is C26H23N3O5S. The summed E-state index contributed by atoms with van der Waals surface area (Å²) < 4.78 is 5.19. The molecule has 35 heavy (non-hydrogen) atoms. The quantitative estimate of drug-likeness (QED) is 0.287. The van der Waals surface area contributed by atoms with Crippen molar-refractivity contribution in [2.75, 3.05) is 17.3 Å². The van der Waals surface area contributed by atoms with Gasteiger partial charge in [0.1, 0.15) is 11.0 Å². The summed E-state index contributed by atoms with van der Waals surface area (Å²) in [7, 11) is 1.61. The second-order valence-electron chi connectivity index (χ2n) is 7.69. The summed E-state index contributed by atoms with van der Waals surface area (Å²) in [5.41, 5.74) is 2.21. The monoisotopic (exact) mass is 489 g/mol. The van der Waals surface area contributed by atoms with Crippen LogP contribution in [0.5, 0.6) is 5.75 Å². The maximum Gasteiger partial charge on any atom is 0.335 e. The Morgan fingerprint density at radius 2 is 1.74 bits per heavy atom. The number of carbonyl (C=O) groups excluding carboxylic acids is 2. The first-order chi connectivity index (χ1) is 16.9. The van der Waals surface area contributed by atoms with Gasteiger partial charge in [-0.15, -0.1) is 0 Å². The van der Waals surface area contributed by atoms with Crippen molar-refractivity contribution < 1.29 is 24.2 Å². The molecule has 3 aromatic carbocycles. The summed E-state index contributed by atoms with van der Waals surface area (Å²) >= 11 is 1.20. The van der Waals surface area contributed by atoms with Gasteiger partial charge in [-0.05, 0) is 54.1 Å². The summed E-state index contributed by atoms with van der Waals surface area (Å²) in [4.78, 5) is 42.7. The molecule has 0 aliphatic carbocycles. The van der Waals surface area contributed by atoms with Gasteiger partial charge >= 0.3 is 5.97 Å². The fourth-order valence-electron chi connectivity index (χ4n) is 3.50. The van der Waals surface area contributed by atoms with Crippen LogP contribution in [0.25, 0.3) is 0 Å². The number of ether oxygens (including phenoxy) is 1. The van der Waals surface area contributed by atoms with E-state index < -0.39 is 11.2 Å². The molecule has 178 valence electrons. The minimum Gasteiger partial charge on any atom is -0.497 e. The van der Waals surface area contributed by atoms with Gasteiger partial charge in [-0.3, -0.25) is 14.6 Å². The first kappa shape index (κ1) is 24.0. The number of nitrogens with zero attached hydrogens (tertiary/aromatic N) is 2. The van der Waals surface area contributed by atoms with Gasteiger partial charge in [0.25, 0.3) is 0 Å². The molecule has 9 heteroatoms. The number of imide groups is 1. The van der Waals surface area contributed by atoms with Crippen molar-refractivity contribution in [3.8, 4) is 5.75 Å². The summed E-state index contributed by atoms with van der Waals surface area (Å²) in [5.74, 6) is -1.03. The summed E-state index contributed by atoms with van der Waals surface area (Å²) in [6.45, 7) is 0.376. The molecule has 0 aromatic heterocycles. The number of benzene rings is 3.